The summed E-state index contributed by atoms with van der Waals surface area (Å²) < 4.78 is 5.19. The predicted molar refractivity (Wildman–Crippen MR) is 48.9 cm³/mol. The molecule has 66 valence electrons. The van der Waals surface area contributed by atoms with Gasteiger partial charge in [-0.15, -0.1) is 0 Å². The van der Waals surface area contributed by atoms with Gasteiger partial charge in [-0.05, 0) is 19.1 Å². The molecule has 0 spiro atoms. The van der Waals surface area contributed by atoms with Crippen LogP contribution in [-0.2, 0) is 0 Å². The van der Waals surface area contributed by atoms with Crippen LogP contribution < -0.4 is 5.73 Å². The van der Waals surface area contributed by atoms with Crippen molar-refractivity contribution in [1.29, 1.82) is 0 Å². The molecule has 13 heavy (non-hydrogen) atoms. The normalized spacial score (nSPS) is 10.2. The zero-order valence-corrected chi connectivity index (χ0v) is 7.19. The van der Waals surface area contributed by atoms with Crippen LogP contribution in [0, 0.1) is 6.92 Å². The molecular formula is C9H9N3O. The standard InChI is InChI=1S/C9H9N3O/c1-6-8(10)9(12-5-11-6)7-3-2-4-13-7/h2-5H,10H2,1H3. The SMILES string of the molecule is Cc1ncnc(-c2ccco2)c1N. The number of rotatable bonds is 1. The molecule has 2 aromatic rings. The summed E-state index contributed by atoms with van der Waals surface area (Å²) in [5.74, 6) is 0.669. The Bertz CT molecular complexity index is 409. The van der Waals surface area contributed by atoms with Crippen molar-refractivity contribution in [1.82, 2.24) is 9.97 Å². The molecule has 0 saturated heterocycles. The van der Waals surface area contributed by atoms with E-state index in [-0.39, 0.29) is 0 Å². The van der Waals surface area contributed by atoms with Crippen LogP contribution in [0.3, 0.4) is 0 Å². The molecule has 0 aromatic carbocycles. The smallest absolute Gasteiger partial charge is 0.154 e. The van der Waals surface area contributed by atoms with E-state index in [0.29, 0.717) is 17.1 Å². The van der Waals surface area contributed by atoms with E-state index in [0.717, 1.165) is 5.69 Å². The molecule has 4 nitrogen and oxygen atoms in total. The minimum Gasteiger partial charge on any atom is -0.463 e. The average Bonchev–Trinajstić information content (AvgIpc) is 2.62. The van der Waals surface area contributed by atoms with E-state index in [2.05, 4.69) is 9.97 Å². The summed E-state index contributed by atoms with van der Waals surface area (Å²) in [6, 6.07) is 3.62. The lowest BCUT2D eigenvalue weighted by Crippen LogP contribution is -1.97. The van der Waals surface area contributed by atoms with E-state index in [4.69, 9.17) is 10.2 Å². The number of hydrogen-bond acceptors (Lipinski definition) is 4. The van der Waals surface area contributed by atoms with E-state index in [1.54, 1.807) is 12.3 Å². The average molecular weight is 175 g/mol. The highest BCUT2D eigenvalue weighted by molar-refractivity contribution is 5.69. The predicted octanol–water partition coefficient (Wildman–Crippen LogP) is 1.63. The Morgan fingerprint density at radius 3 is 2.92 bits per heavy atom. The van der Waals surface area contributed by atoms with Crippen molar-refractivity contribution in [3.63, 3.8) is 0 Å². The number of aryl methyl sites for hydroxylation is 1. The van der Waals surface area contributed by atoms with E-state index in [9.17, 15) is 0 Å². The minimum absolute atomic E-state index is 0.567. The number of nitrogen functional groups attached to an aromatic ring is 1. The molecule has 2 N–H and O–H groups in total. The molecule has 2 heterocycles. The summed E-state index contributed by atoms with van der Waals surface area (Å²) in [6.45, 7) is 1.84. The van der Waals surface area contributed by atoms with Gasteiger partial charge in [0.2, 0.25) is 0 Å². The quantitative estimate of drug-likeness (QED) is 0.715. The Hall–Kier alpha value is -1.84. The van der Waals surface area contributed by atoms with Crippen molar-refractivity contribution in [3.05, 3.63) is 30.4 Å². The Balaban J connectivity index is 2.59. The van der Waals surface area contributed by atoms with Gasteiger partial charge in [0.1, 0.15) is 12.0 Å². The molecule has 0 radical (unpaired) electrons. The first-order valence-electron chi connectivity index (χ1n) is 3.90. The molecule has 4 heteroatoms. The molecule has 2 rings (SSSR count). The Labute approximate surface area is 75.4 Å². The highest BCUT2D eigenvalue weighted by atomic mass is 16.3. The maximum absolute atomic E-state index is 5.79. The van der Waals surface area contributed by atoms with Gasteiger partial charge in [-0.1, -0.05) is 0 Å². The van der Waals surface area contributed by atoms with Crippen LogP contribution in [0.15, 0.2) is 29.1 Å². The third kappa shape index (κ3) is 1.26. The summed E-state index contributed by atoms with van der Waals surface area (Å²) in [6.07, 6.45) is 3.07. The van der Waals surface area contributed by atoms with Gasteiger partial charge in [-0.3, -0.25) is 0 Å². The van der Waals surface area contributed by atoms with Crippen molar-refractivity contribution in [2.24, 2.45) is 0 Å². The summed E-state index contributed by atoms with van der Waals surface area (Å²) in [5.41, 5.74) is 7.77. The lowest BCUT2D eigenvalue weighted by atomic mass is 10.2. The number of aromatic nitrogens is 2. The Morgan fingerprint density at radius 1 is 1.38 bits per heavy atom. The number of nitrogens with zero attached hydrogens (tertiary/aromatic N) is 2. The highest BCUT2D eigenvalue weighted by Crippen LogP contribution is 2.24. The van der Waals surface area contributed by atoms with Crippen molar-refractivity contribution < 1.29 is 4.42 Å². The largest absolute Gasteiger partial charge is 0.463 e. The number of furan rings is 1. The number of nitrogens with two attached hydrogens (primary N) is 1. The van der Waals surface area contributed by atoms with Gasteiger partial charge in [0, 0.05) is 0 Å². The van der Waals surface area contributed by atoms with Crippen molar-refractivity contribution in [2.75, 3.05) is 5.73 Å². The molecule has 0 amide bonds. The highest BCUT2D eigenvalue weighted by Gasteiger charge is 2.08. The molecule has 0 aliphatic rings. The Morgan fingerprint density at radius 2 is 2.23 bits per heavy atom. The second-order valence-corrected chi connectivity index (χ2v) is 2.70. The van der Waals surface area contributed by atoms with Gasteiger partial charge in [-0.25, -0.2) is 9.97 Å². The van der Waals surface area contributed by atoms with Crippen LogP contribution in [0.2, 0.25) is 0 Å². The lowest BCUT2D eigenvalue weighted by Gasteiger charge is -2.02. The third-order valence-corrected chi connectivity index (χ3v) is 1.84. The number of hydrogen-bond donors (Lipinski definition) is 1. The monoisotopic (exact) mass is 175 g/mol. The summed E-state index contributed by atoms with van der Waals surface area (Å²) in [4.78, 5) is 8.02. The van der Waals surface area contributed by atoms with E-state index in [1.807, 2.05) is 13.0 Å². The van der Waals surface area contributed by atoms with E-state index >= 15 is 0 Å². The molecule has 2 aromatic heterocycles. The van der Waals surface area contributed by atoms with Gasteiger partial charge in [-0.2, -0.15) is 0 Å². The maximum Gasteiger partial charge on any atom is 0.154 e. The van der Waals surface area contributed by atoms with Crippen molar-refractivity contribution in [2.45, 2.75) is 6.92 Å². The molecule has 0 aliphatic carbocycles. The zero-order chi connectivity index (χ0) is 9.26. The van der Waals surface area contributed by atoms with E-state index < -0.39 is 0 Å². The summed E-state index contributed by atoms with van der Waals surface area (Å²) in [7, 11) is 0. The third-order valence-electron chi connectivity index (χ3n) is 1.84. The van der Waals surface area contributed by atoms with Gasteiger partial charge >= 0.3 is 0 Å². The molecule has 0 bridgehead atoms. The van der Waals surface area contributed by atoms with Gasteiger partial charge in [0.05, 0.1) is 17.6 Å². The van der Waals surface area contributed by atoms with Crippen LogP contribution in [0.1, 0.15) is 5.69 Å². The minimum atomic E-state index is 0.567. The van der Waals surface area contributed by atoms with Crippen LogP contribution in [0.25, 0.3) is 11.5 Å². The summed E-state index contributed by atoms with van der Waals surface area (Å²) in [5, 5.41) is 0. The topological polar surface area (TPSA) is 64.9 Å². The molecule has 0 unspecified atom stereocenters. The van der Waals surface area contributed by atoms with Gasteiger partial charge in [0.25, 0.3) is 0 Å². The molecular weight excluding hydrogens is 166 g/mol. The second-order valence-electron chi connectivity index (χ2n) is 2.70. The van der Waals surface area contributed by atoms with Crippen LogP contribution in [0.5, 0.6) is 0 Å². The van der Waals surface area contributed by atoms with Crippen molar-refractivity contribution >= 4 is 5.69 Å². The molecule has 0 fully saturated rings. The fraction of sp³-hybridized carbons (Fsp3) is 0.111. The van der Waals surface area contributed by atoms with Crippen LogP contribution in [-0.4, -0.2) is 9.97 Å². The van der Waals surface area contributed by atoms with Crippen LogP contribution >= 0.6 is 0 Å². The molecule has 0 atom stereocenters. The first-order chi connectivity index (χ1) is 6.29. The molecule has 0 aliphatic heterocycles. The van der Waals surface area contributed by atoms with Gasteiger partial charge in [0.15, 0.2) is 5.76 Å². The summed E-state index contributed by atoms with van der Waals surface area (Å²) >= 11 is 0. The van der Waals surface area contributed by atoms with E-state index in [1.165, 1.54) is 6.33 Å². The lowest BCUT2D eigenvalue weighted by molar-refractivity contribution is 0.580. The van der Waals surface area contributed by atoms with Gasteiger partial charge < -0.3 is 10.2 Å². The first-order valence-corrected chi connectivity index (χ1v) is 3.90. The number of anilines is 1. The zero-order valence-electron chi connectivity index (χ0n) is 7.19. The first kappa shape index (κ1) is 7.79. The Kier molecular flexibility index (Phi) is 1.73. The van der Waals surface area contributed by atoms with Crippen LogP contribution in [0.4, 0.5) is 5.69 Å². The maximum atomic E-state index is 5.79. The fourth-order valence-electron chi connectivity index (χ4n) is 1.09. The fourth-order valence-corrected chi connectivity index (χ4v) is 1.09. The van der Waals surface area contributed by atoms with Crippen molar-refractivity contribution in [3.8, 4) is 11.5 Å². The molecule has 0 saturated carbocycles. The second kappa shape index (κ2) is 2.90.